The summed E-state index contributed by atoms with van der Waals surface area (Å²) in [5.74, 6) is -0.363. The molecule has 2 heterocycles. The number of carbonyl (C=O) groups is 2. The summed E-state index contributed by atoms with van der Waals surface area (Å²) in [6.07, 6.45) is 4.73. The molecule has 0 atom stereocenters. The molecule has 1 aromatic carbocycles. The molecule has 5 nitrogen and oxygen atoms in total. The largest absolute Gasteiger partial charge is 0.627 e. The Morgan fingerprint density at radius 3 is 2.33 bits per heavy atom. The van der Waals surface area contributed by atoms with Crippen molar-refractivity contribution in [3.63, 3.8) is 0 Å². The molecule has 0 aromatic heterocycles. The van der Waals surface area contributed by atoms with Gasteiger partial charge in [-0.1, -0.05) is 0 Å². The lowest BCUT2D eigenvalue weighted by molar-refractivity contribution is -0.115. The van der Waals surface area contributed by atoms with Gasteiger partial charge in [0.15, 0.2) is 0 Å². The number of imide groups is 1. The number of nitrogens with zero attached hydrogens (tertiary/aromatic N) is 1. The maximum absolute atomic E-state index is 12.7. The first-order valence-electron chi connectivity index (χ1n) is 7.00. The molecular formula is C15H16N2O3S. The average Bonchev–Trinajstić information content (AvgIpc) is 2.78. The summed E-state index contributed by atoms with van der Waals surface area (Å²) in [5, 5.41) is 14.6. The Bertz CT molecular complexity index is 604. The van der Waals surface area contributed by atoms with Crippen molar-refractivity contribution < 1.29 is 9.59 Å². The molecule has 2 aliphatic heterocycles. The first-order chi connectivity index (χ1) is 10.1. The van der Waals surface area contributed by atoms with E-state index in [9.17, 15) is 14.8 Å². The van der Waals surface area contributed by atoms with Gasteiger partial charge in [0.05, 0.1) is 18.0 Å². The Labute approximate surface area is 127 Å². The summed E-state index contributed by atoms with van der Waals surface area (Å²) in [7, 11) is 0. The highest BCUT2D eigenvalue weighted by atomic mass is 32.2. The number of hydrogen-bond acceptors (Lipinski definition) is 4. The lowest BCUT2D eigenvalue weighted by Crippen LogP contribution is -2.47. The van der Waals surface area contributed by atoms with Gasteiger partial charge in [-0.2, -0.15) is 0 Å². The first kappa shape index (κ1) is 14.3. The van der Waals surface area contributed by atoms with Crippen molar-refractivity contribution in [3.05, 3.63) is 39.9 Å². The molecule has 21 heavy (non-hydrogen) atoms. The number of amides is 2. The average molecular weight is 304 g/mol. The van der Waals surface area contributed by atoms with Crippen LogP contribution in [0.5, 0.6) is 0 Å². The van der Waals surface area contributed by atoms with E-state index in [2.05, 4.69) is 5.32 Å². The molecule has 3 rings (SSSR count). The van der Waals surface area contributed by atoms with Crippen LogP contribution in [0.2, 0.25) is 0 Å². The van der Waals surface area contributed by atoms with Crippen LogP contribution in [0, 0.1) is 5.21 Å². The topological polar surface area (TPSA) is 69.2 Å². The molecule has 0 radical (unpaired) electrons. The molecule has 0 saturated carbocycles. The number of quaternary nitrogens is 1. The van der Waals surface area contributed by atoms with Crippen molar-refractivity contribution >= 4 is 34.7 Å². The highest BCUT2D eigenvalue weighted by Crippen LogP contribution is 2.29. The Morgan fingerprint density at radius 1 is 1.10 bits per heavy atom. The molecule has 1 aromatic rings. The predicted molar refractivity (Wildman–Crippen MR) is 84.3 cm³/mol. The SMILES string of the molecule is O=C1NC(=O)C(=Cc2ccc([N+]3([O-])CCCCC3)cc2)S1. The summed E-state index contributed by atoms with van der Waals surface area (Å²) in [4.78, 5) is 23.0. The van der Waals surface area contributed by atoms with Gasteiger partial charge in [-0.05, 0) is 54.8 Å². The Kier molecular flexibility index (Phi) is 3.84. The fourth-order valence-corrected chi connectivity index (χ4v) is 3.38. The lowest BCUT2D eigenvalue weighted by Gasteiger charge is -2.44. The minimum Gasteiger partial charge on any atom is -0.627 e. The second kappa shape index (κ2) is 5.63. The van der Waals surface area contributed by atoms with Crippen LogP contribution in [0.1, 0.15) is 24.8 Å². The lowest BCUT2D eigenvalue weighted by atomic mass is 10.1. The fraction of sp³-hybridized carbons (Fsp3) is 0.333. The van der Waals surface area contributed by atoms with Crippen LogP contribution in [0.3, 0.4) is 0 Å². The minimum atomic E-state index is -0.363. The van der Waals surface area contributed by atoms with Gasteiger partial charge in [-0.25, -0.2) is 0 Å². The number of piperidine rings is 1. The Morgan fingerprint density at radius 2 is 1.76 bits per heavy atom. The maximum atomic E-state index is 12.7. The van der Waals surface area contributed by atoms with Crippen molar-refractivity contribution in [1.82, 2.24) is 9.96 Å². The van der Waals surface area contributed by atoms with E-state index in [1.807, 2.05) is 24.3 Å². The van der Waals surface area contributed by atoms with E-state index in [-0.39, 0.29) is 15.8 Å². The van der Waals surface area contributed by atoms with Gasteiger partial charge in [0.1, 0.15) is 5.69 Å². The predicted octanol–water partition coefficient (Wildman–Crippen LogP) is 3.00. The number of rotatable bonds is 2. The van der Waals surface area contributed by atoms with E-state index in [1.165, 1.54) is 0 Å². The first-order valence-corrected chi connectivity index (χ1v) is 7.82. The van der Waals surface area contributed by atoms with Crippen molar-refractivity contribution in [1.29, 1.82) is 0 Å². The summed E-state index contributed by atoms with van der Waals surface area (Å²) in [6.45, 7) is 1.26. The third-order valence-electron chi connectivity index (χ3n) is 3.84. The zero-order valence-electron chi connectivity index (χ0n) is 11.5. The monoisotopic (exact) mass is 304 g/mol. The number of hydrogen-bond donors (Lipinski definition) is 1. The van der Waals surface area contributed by atoms with Crippen molar-refractivity contribution in [2.24, 2.45) is 0 Å². The van der Waals surface area contributed by atoms with Gasteiger partial charge in [0, 0.05) is 12.1 Å². The molecule has 2 saturated heterocycles. The molecule has 2 fully saturated rings. The zero-order valence-corrected chi connectivity index (χ0v) is 12.3. The minimum absolute atomic E-state index is 0.259. The molecule has 1 N–H and O–H groups in total. The zero-order chi connectivity index (χ0) is 14.9. The number of benzene rings is 1. The number of thioether (sulfide) groups is 1. The summed E-state index contributed by atoms with van der Waals surface area (Å²) < 4.78 is -0.259. The quantitative estimate of drug-likeness (QED) is 0.518. The smallest absolute Gasteiger partial charge is 0.290 e. The molecule has 0 bridgehead atoms. The Balaban J connectivity index is 1.80. The van der Waals surface area contributed by atoms with Gasteiger partial charge < -0.3 is 9.85 Å². The van der Waals surface area contributed by atoms with Gasteiger partial charge in [-0.15, -0.1) is 0 Å². The van der Waals surface area contributed by atoms with Gasteiger partial charge in [-0.3, -0.25) is 14.9 Å². The number of nitrogens with one attached hydrogen (secondary N) is 1. The highest BCUT2D eigenvalue weighted by molar-refractivity contribution is 8.18. The van der Waals surface area contributed by atoms with E-state index in [0.717, 1.165) is 42.3 Å². The van der Waals surface area contributed by atoms with Crippen molar-refractivity contribution in [2.45, 2.75) is 19.3 Å². The Hall–Kier alpha value is -1.63. The van der Waals surface area contributed by atoms with E-state index in [0.29, 0.717) is 18.0 Å². The third-order valence-corrected chi connectivity index (χ3v) is 4.65. The normalized spacial score (nSPS) is 23.4. The second-order valence-corrected chi connectivity index (χ2v) is 6.36. The van der Waals surface area contributed by atoms with E-state index in [4.69, 9.17) is 0 Å². The van der Waals surface area contributed by atoms with E-state index < -0.39 is 0 Å². The molecule has 0 aliphatic carbocycles. The van der Waals surface area contributed by atoms with E-state index >= 15 is 0 Å². The third kappa shape index (κ3) is 3.02. The standard InChI is InChI=1S/C15H16N2O3S/c18-14-13(21-15(19)16-14)10-11-4-6-12(7-5-11)17(20)8-2-1-3-9-17/h4-7,10H,1-3,8-9H2,(H,16,18,19). The summed E-state index contributed by atoms with van der Waals surface area (Å²) in [5.41, 5.74) is 1.58. The molecular weight excluding hydrogens is 288 g/mol. The molecule has 0 unspecified atom stereocenters. The van der Waals surface area contributed by atoms with Crippen molar-refractivity contribution in [3.8, 4) is 0 Å². The molecule has 2 aliphatic rings. The molecule has 2 amide bonds. The van der Waals surface area contributed by atoms with Gasteiger partial charge >= 0.3 is 0 Å². The number of hydroxylamine groups is 2. The van der Waals surface area contributed by atoms with Gasteiger partial charge in [0.2, 0.25) is 0 Å². The van der Waals surface area contributed by atoms with Crippen LogP contribution in [0.25, 0.3) is 6.08 Å². The number of carbonyl (C=O) groups excluding carboxylic acids is 2. The summed E-state index contributed by atoms with van der Waals surface area (Å²) in [6, 6.07) is 7.30. The fourth-order valence-electron chi connectivity index (χ4n) is 2.70. The van der Waals surface area contributed by atoms with Crippen LogP contribution in [0.4, 0.5) is 10.5 Å². The highest BCUT2D eigenvalue weighted by Gasteiger charge is 2.25. The second-order valence-electron chi connectivity index (χ2n) is 5.34. The van der Waals surface area contributed by atoms with Crippen LogP contribution in [-0.2, 0) is 4.79 Å². The molecule has 6 heteroatoms. The van der Waals surface area contributed by atoms with Gasteiger partial charge in [0.25, 0.3) is 11.1 Å². The van der Waals surface area contributed by atoms with Crippen LogP contribution >= 0.6 is 11.8 Å². The van der Waals surface area contributed by atoms with Crippen LogP contribution in [0.15, 0.2) is 29.2 Å². The van der Waals surface area contributed by atoms with E-state index in [1.54, 1.807) is 6.08 Å². The molecule has 110 valence electrons. The van der Waals surface area contributed by atoms with Crippen LogP contribution < -0.4 is 9.96 Å². The molecule has 0 spiro atoms. The van der Waals surface area contributed by atoms with Crippen LogP contribution in [-0.4, -0.2) is 24.2 Å². The summed E-state index contributed by atoms with van der Waals surface area (Å²) >= 11 is 0.896. The maximum Gasteiger partial charge on any atom is 0.290 e. The van der Waals surface area contributed by atoms with Crippen molar-refractivity contribution in [2.75, 3.05) is 13.1 Å².